The fraction of sp³-hybridized carbons (Fsp3) is 0.105. The summed E-state index contributed by atoms with van der Waals surface area (Å²) in [5, 5.41) is 6.89. The van der Waals surface area contributed by atoms with Crippen molar-refractivity contribution in [3.05, 3.63) is 71.9 Å². The van der Waals surface area contributed by atoms with Gasteiger partial charge >= 0.3 is 0 Å². The van der Waals surface area contributed by atoms with Crippen LogP contribution in [0.1, 0.15) is 10.5 Å². The Morgan fingerprint density at radius 2 is 1.81 bits per heavy atom. The van der Waals surface area contributed by atoms with E-state index in [1.807, 2.05) is 0 Å². The third-order valence-electron chi connectivity index (χ3n) is 4.21. The number of rotatable bonds is 3. The summed E-state index contributed by atoms with van der Waals surface area (Å²) in [6.07, 6.45) is 0. The van der Waals surface area contributed by atoms with Crippen molar-refractivity contribution in [2.24, 2.45) is 0 Å². The fourth-order valence-corrected chi connectivity index (χ4v) is 2.89. The van der Waals surface area contributed by atoms with E-state index in [4.69, 9.17) is 0 Å². The number of benzene rings is 2. The molecule has 1 saturated heterocycles. The number of nitrogens with zero attached hydrogens (tertiary/aromatic N) is 3. The second-order valence-electron chi connectivity index (χ2n) is 6.07. The number of nitrogens with one attached hydrogen (secondary N) is 1. The van der Waals surface area contributed by atoms with Crippen LogP contribution in [-0.2, 0) is 4.79 Å². The summed E-state index contributed by atoms with van der Waals surface area (Å²) < 4.78 is 28.4. The molecule has 27 heavy (non-hydrogen) atoms. The van der Waals surface area contributed by atoms with Gasteiger partial charge in [-0.2, -0.15) is 5.10 Å². The van der Waals surface area contributed by atoms with Gasteiger partial charge in [0.1, 0.15) is 18.2 Å². The van der Waals surface area contributed by atoms with Crippen LogP contribution < -0.4 is 5.32 Å². The van der Waals surface area contributed by atoms with E-state index in [1.54, 1.807) is 12.1 Å². The second-order valence-corrected chi connectivity index (χ2v) is 6.07. The number of carbonyl (C=O) groups excluding carboxylic acids is 2. The number of carbonyl (C=O) groups is 2. The van der Waals surface area contributed by atoms with Gasteiger partial charge in [0, 0.05) is 5.56 Å². The Morgan fingerprint density at radius 3 is 2.48 bits per heavy atom. The SMILES string of the molecule is O=C1CN(C(=O)c2cc(-c3cccc(F)c3)n(-c3ccc(F)cc3)n2)CN1. The number of halogens is 2. The zero-order valence-corrected chi connectivity index (χ0v) is 14.0. The molecule has 1 N–H and O–H groups in total. The molecular weight excluding hydrogens is 354 g/mol. The van der Waals surface area contributed by atoms with Crippen molar-refractivity contribution in [1.82, 2.24) is 20.0 Å². The molecule has 2 amide bonds. The number of hydrogen-bond donors (Lipinski definition) is 1. The lowest BCUT2D eigenvalue weighted by molar-refractivity contribution is -0.118. The summed E-state index contributed by atoms with van der Waals surface area (Å²) in [5.74, 6) is -1.50. The van der Waals surface area contributed by atoms with Gasteiger partial charge < -0.3 is 10.2 Å². The average molecular weight is 368 g/mol. The first-order chi connectivity index (χ1) is 13.0. The van der Waals surface area contributed by atoms with E-state index in [2.05, 4.69) is 10.4 Å². The summed E-state index contributed by atoms with van der Waals surface area (Å²) in [7, 11) is 0. The maximum absolute atomic E-state index is 13.7. The topological polar surface area (TPSA) is 67.2 Å². The average Bonchev–Trinajstić information content (AvgIpc) is 3.28. The van der Waals surface area contributed by atoms with Crippen molar-refractivity contribution in [3.8, 4) is 16.9 Å². The van der Waals surface area contributed by atoms with E-state index in [-0.39, 0.29) is 24.8 Å². The predicted octanol–water partition coefficient (Wildman–Crippen LogP) is 2.35. The Morgan fingerprint density at radius 1 is 1.04 bits per heavy atom. The van der Waals surface area contributed by atoms with Crippen LogP contribution in [0.25, 0.3) is 16.9 Å². The van der Waals surface area contributed by atoms with Crippen LogP contribution in [0.5, 0.6) is 0 Å². The van der Waals surface area contributed by atoms with Gasteiger partial charge in [0.05, 0.1) is 18.1 Å². The van der Waals surface area contributed by atoms with Crippen molar-refractivity contribution in [3.63, 3.8) is 0 Å². The summed E-state index contributed by atoms with van der Waals surface area (Å²) in [6, 6.07) is 13.0. The van der Waals surface area contributed by atoms with Crippen LogP contribution in [0.15, 0.2) is 54.6 Å². The monoisotopic (exact) mass is 368 g/mol. The zero-order valence-electron chi connectivity index (χ0n) is 14.0. The van der Waals surface area contributed by atoms with Gasteiger partial charge in [-0.15, -0.1) is 0 Å². The normalized spacial score (nSPS) is 13.7. The first-order valence-electron chi connectivity index (χ1n) is 8.19. The van der Waals surface area contributed by atoms with Crippen molar-refractivity contribution in [2.45, 2.75) is 0 Å². The molecule has 3 aromatic rings. The zero-order chi connectivity index (χ0) is 19.0. The number of aromatic nitrogens is 2. The Bertz CT molecular complexity index is 1030. The molecule has 0 unspecified atom stereocenters. The molecular formula is C19H14F2N4O2. The standard InChI is InChI=1S/C19H14F2N4O2/c20-13-4-6-15(7-5-13)25-17(12-2-1-3-14(21)8-12)9-16(23-25)19(27)24-10-18(26)22-11-24/h1-9H,10-11H2,(H,22,26). The largest absolute Gasteiger partial charge is 0.337 e. The van der Waals surface area contributed by atoms with Crippen LogP contribution >= 0.6 is 0 Å². The smallest absolute Gasteiger partial charge is 0.276 e. The van der Waals surface area contributed by atoms with Crippen molar-refractivity contribution in [1.29, 1.82) is 0 Å². The van der Waals surface area contributed by atoms with Crippen LogP contribution in [-0.4, -0.2) is 39.7 Å². The van der Waals surface area contributed by atoms with E-state index in [0.29, 0.717) is 16.9 Å². The molecule has 0 radical (unpaired) electrons. The van der Waals surface area contributed by atoms with Crippen molar-refractivity contribution < 1.29 is 18.4 Å². The molecule has 1 aliphatic rings. The summed E-state index contributed by atoms with van der Waals surface area (Å²) >= 11 is 0. The van der Waals surface area contributed by atoms with E-state index in [9.17, 15) is 18.4 Å². The molecule has 0 spiro atoms. The van der Waals surface area contributed by atoms with Gasteiger partial charge in [0.25, 0.3) is 5.91 Å². The first-order valence-corrected chi connectivity index (χ1v) is 8.19. The quantitative estimate of drug-likeness (QED) is 0.772. The Balaban J connectivity index is 1.80. The van der Waals surface area contributed by atoms with E-state index < -0.39 is 17.5 Å². The van der Waals surface area contributed by atoms with Crippen molar-refractivity contribution in [2.75, 3.05) is 13.2 Å². The van der Waals surface area contributed by atoms with Crippen LogP contribution in [0.3, 0.4) is 0 Å². The molecule has 2 aromatic carbocycles. The molecule has 0 bridgehead atoms. The second kappa shape index (κ2) is 6.64. The van der Waals surface area contributed by atoms with E-state index in [0.717, 1.165) is 0 Å². The van der Waals surface area contributed by atoms with E-state index in [1.165, 1.54) is 52.0 Å². The molecule has 6 nitrogen and oxygen atoms in total. The lowest BCUT2D eigenvalue weighted by Gasteiger charge is -2.10. The highest BCUT2D eigenvalue weighted by Gasteiger charge is 2.27. The third kappa shape index (κ3) is 3.29. The summed E-state index contributed by atoms with van der Waals surface area (Å²) in [5.41, 5.74) is 1.62. The lowest BCUT2D eigenvalue weighted by atomic mass is 10.1. The van der Waals surface area contributed by atoms with Gasteiger partial charge in [-0.05, 0) is 42.5 Å². The maximum atomic E-state index is 13.7. The van der Waals surface area contributed by atoms with Crippen LogP contribution in [0.4, 0.5) is 8.78 Å². The molecule has 0 atom stereocenters. The minimum atomic E-state index is -0.429. The van der Waals surface area contributed by atoms with E-state index >= 15 is 0 Å². The highest BCUT2D eigenvalue weighted by Crippen LogP contribution is 2.25. The van der Waals surface area contributed by atoms with Gasteiger partial charge in [-0.25, -0.2) is 13.5 Å². The Labute approximate surface area is 153 Å². The minimum absolute atomic E-state index is 0.0441. The number of amides is 2. The molecule has 8 heteroatoms. The fourth-order valence-electron chi connectivity index (χ4n) is 2.89. The van der Waals surface area contributed by atoms with Crippen molar-refractivity contribution >= 4 is 11.8 Å². The molecule has 1 fully saturated rings. The highest BCUT2D eigenvalue weighted by atomic mass is 19.1. The maximum Gasteiger partial charge on any atom is 0.276 e. The minimum Gasteiger partial charge on any atom is -0.337 e. The molecule has 136 valence electrons. The van der Waals surface area contributed by atoms with Crippen LogP contribution in [0, 0.1) is 11.6 Å². The Kier molecular flexibility index (Phi) is 4.15. The molecule has 0 aliphatic carbocycles. The predicted molar refractivity (Wildman–Crippen MR) is 93.0 cm³/mol. The lowest BCUT2D eigenvalue weighted by Crippen LogP contribution is -2.30. The summed E-state index contributed by atoms with van der Waals surface area (Å²) in [6.45, 7) is 0.0634. The molecule has 2 heterocycles. The third-order valence-corrected chi connectivity index (χ3v) is 4.21. The van der Waals surface area contributed by atoms with Gasteiger partial charge in [0.2, 0.25) is 5.91 Å². The summed E-state index contributed by atoms with van der Waals surface area (Å²) in [4.78, 5) is 25.4. The van der Waals surface area contributed by atoms with Gasteiger partial charge in [-0.3, -0.25) is 9.59 Å². The first kappa shape index (κ1) is 16.9. The molecule has 0 saturated carbocycles. The van der Waals surface area contributed by atoms with Crippen LogP contribution in [0.2, 0.25) is 0 Å². The highest BCUT2D eigenvalue weighted by molar-refractivity contribution is 5.97. The van der Waals surface area contributed by atoms with Gasteiger partial charge in [-0.1, -0.05) is 12.1 Å². The molecule has 1 aliphatic heterocycles. The Hall–Kier alpha value is -3.55. The number of hydrogen-bond acceptors (Lipinski definition) is 3. The van der Waals surface area contributed by atoms with Gasteiger partial charge in [0.15, 0.2) is 5.69 Å². The molecule has 1 aromatic heterocycles. The molecule has 4 rings (SSSR count).